The van der Waals surface area contributed by atoms with E-state index in [1.165, 1.54) is 4.57 Å². The second kappa shape index (κ2) is 3.02. The molecular weight excluding hydrogens is 194 g/mol. The van der Waals surface area contributed by atoms with Crippen LogP contribution >= 0.6 is 0 Å². The van der Waals surface area contributed by atoms with Crippen molar-refractivity contribution in [2.45, 2.75) is 13.8 Å². The van der Waals surface area contributed by atoms with E-state index in [0.29, 0.717) is 0 Å². The second-order valence-corrected chi connectivity index (χ2v) is 3.63. The Morgan fingerprint density at radius 2 is 1.60 bits per heavy atom. The number of rotatable bonds is 1. The molecule has 0 fully saturated rings. The van der Waals surface area contributed by atoms with Gasteiger partial charge in [0.25, 0.3) is 11.1 Å². The zero-order valence-corrected chi connectivity index (χ0v) is 8.40. The van der Waals surface area contributed by atoms with Crippen LogP contribution in [0.1, 0.15) is 11.1 Å². The van der Waals surface area contributed by atoms with Crippen molar-refractivity contribution in [2.24, 2.45) is 0 Å². The van der Waals surface area contributed by atoms with Crippen LogP contribution in [0, 0.1) is 13.8 Å². The standard InChI is InChI=1S/C11H9NO3/c1-6-3-7(2)5-12(4-6)8-9(13)11(15)10(8)14/h3-5H,1-2H3. The summed E-state index contributed by atoms with van der Waals surface area (Å²) in [4.78, 5) is 21.9. The summed E-state index contributed by atoms with van der Waals surface area (Å²) >= 11 is 0. The molecule has 0 saturated carbocycles. The highest BCUT2D eigenvalue weighted by Crippen LogP contribution is 2.05. The number of hydrogen-bond donors (Lipinski definition) is 0. The van der Waals surface area contributed by atoms with Crippen molar-refractivity contribution in [3.63, 3.8) is 0 Å². The minimum absolute atomic E-state index is 0.0493. The lowest BCUT2D eigenvalue weighted by Gasteiger charge is -2.08. The highest BCUT2D eigenvalue weighted by atomic mass is 16.3. The van der Waals surface area contributed by atoms with E-state index in [-0.39, 0.29) is 5.69 Å². The van der Waals surface area contributed by atoms with Crippen molar-refractivity contribution in [3.8, 4) is 11.4 Å². The van der Waals surface area contributed by atoms with Crippen LogP contribution in [0.5, 0.6) is 5.75 Å². The molecule has 1 heterocycles. The minimum Gasteiger partial charge on any atom is -0.865 e. The summed E-state index contributed by atoms with van der Waals surface area (Å²) in [7, 11) is 0. The molecule has 2 rings (SSSR count). The average molecular weight is 203 g/mol. The van der Waals surface area contributed by atoms with Crippen LogP contribution in [-0.4, -0.2) is 0 Å². The summed E-state index contributed by atoms with van der Waals surface area (Å²) in [6, 6.07) is 1.92. The van der Waals surface area contributed by atoms with Crippen LogP contribution in [0.15, 0.2) is 28.0 Å². The van der Waals surface area contributed by atoms with Crippen LogP contribution in [0.4, 0.5) is 0 Å². The van der Waals surface area contributed by atoms with Gasteiger partial charge in [-0.3, -0.25) is 9.59 Å². The SMILES string of the molecule is Cc1cc(C)c[n+](-c2c([O-])c(=O)c2=O)c1. The van der Waals surface area contributed by atoms with E-state index in [2.05, 4.69) is 0 Å². The van der Waals surface area contributed by atoms with Crippen molar-refractivity contribution in [1.82, 2.24) is 0 Å². The molecule has 0 N–H and O–H groups in total. The Hall–Kier alpha value is -1.97. The highest BCUT2D eigenvalue weighted by molar-refractivity contribution is 5.43. The van der Waals surface area contributed by atoms with Crippen LogP contribution < -0.4 is 20.5 Å². The first kappa shape index (κ1) is 9.58. The van der Waals surface area contributed by atoms with E-state index in [1.807, 2.05) is 19.9 Å². The molecule has 1 aromatic heterocycles. The molecular formula is C11H9NO3. The fourth-order valence-electron chi connectivity index (χ4n) is 1.63. The van der Waals surface area contributed by atoms with Gasteiger partial charge < -0.3 is 5.11 Å². The number of hydrogen-bond acceptors (Lipinski definition) is 3. The fourth-order valence-corrected chi connectivity index (χ4v) is 1.63. The summed E-state index contributed by atoms with van der Waals surface area (Å²) in [5.41, 5.74) is 0.198. The quantitative estimate of drug-likeness (QED) is 0.452. The van der Waals surface area contributed by atoms with Crippen LogP contribution in [-0.2, 0) is 0 Å². The first-order chi connectivity index (χ1) is 7.00. The highest BCUT2D eigenvalue weighted by Gasteiger charge is 2.22. The first-order valence-electron chi connectivity index (χ1n) is 4.51. The molecule has 4 heteroatoms. The van der Waals surface area contributed by atoms with Gasteiger partial charge >= 0.3 is 0 Å². The fraction of sp³-hybridized carbons (Fsp3) is 0.182. The molecule has 76 valence electrons. The average Bonchev–Trinajstić information content (AvgIpc) is 2.16. The van der Waals surface area contributed by atoms with Crippen molar-refractivity contribution >= 4 is 0 Å². The Kier molecular flexibility index (Phi) is 1.93. The van der Waals surface area contributed by atoms with Gasteiger partial charge in [-0.05, 0) is 19.9 Å². The molecule has 0 saturated heterocycles. The van der Waals surface area contributed by atoms with E-state index in [1.54, 1.807) is 12.4 Å². The van der Waals surface area contributed by atoms with E-state index in [9.17, 15) is 14.7 Å². The summed E-state index contributed by atoms with van der Waals surface area (Å²) in [5, 5.41) is 11.2. The predicted molar refractivity (Wildman–Crippen MR) is 51.8 cm³/mol. The third-order valence-corrected chi connectivity index (χ3v) is 2.24. The van der Waals surface area contributed by atoms with Crippen molar-refractivity contribution in [3.05, 3.63) is 50.0 Å². The van der Waals surface area contributed by atoms with Gasteiger partial charge in [-0.1, -0.05) is 0 Å². The van der Waals surface area contributed by atoms with Gasteiger partial charge in [-0.2, -0.15) is 4.57 Å². The molecule has 15 heavy (non-hydrogen) atoms. The predicted octanol–water partition coefficient (Wildman–Crippen LogP) is -0.750. The summed E-state index contributed by atoms with van der Waals surface area (Å²) in [6.45, 7) is 3.72. The molecule has 0 spiro atoms. The van der Waals surface area contributed by atoms with Gasteiger partial charge in [-0.25, -0.2) is 0 Å². The molecule has 0 unspecified atom stereocenters. The summed E-state index contributed by atoms with van der Waals surface area (Å²) in [5.74, 6) is -0.699. The topological polar surface area (TPSA) is 61.1 Å². The molecule has 0 atom stereocenters. The zero-order valence-electron chi connectivity index (χ0n) is 8.40. The zero-order chi connectivity index (χ0) is 11.2. The van der Waals surface area contributed by atoms with E-state index in [4.69, 9.17) is 0 Å². The maximum Gasteiger partial charge on any atom is 0.296 e. The number of nitrogens with zero attached hydrogens (tertiary/aromatic N) is 1. The molecule has 0 radical (unpaired) electrons. The number of aromatic nitrogens is 1. The van der Waals surface area contributed by atoms with E-state index < -0.39 is 16.6 Å². The first-order valence-corrected chi connectivity index (χ1v) is 4.51. The van der Waals surface area contributed by atoms with Crippen molar-refractivity contribution in [1.29, 1.82) is 0 Å². The molecule has 0 bridgehead atoms. The lowest BCUT2D eigenvalue weighted by molar-refractivity contribution is -0.603. The lowest BCUT2D eigenvalue weighted by atomic mass is 10.2. The van der Waals surface area contributed by atoms with E-state index in [0.717, 1.165) is 11.1 Å². The van der Waals surface area contributed by atoms with Crippen molar-refractivity contribution in [2.75, 3.05) is 0 Å². The van der Waals surface area contributed by atoms with Crippen molar-refractivity contribution < 1.29 is 9.67 Å². The van der Waals surface area contributed by atoms with Gasteiger partial charge in [0, 0.05) is 16.9 Å². The summed E-state index contributed by atoms with van der Waals surface area (Å²) in [6.07, 6.45) is 3.31. The Morgan fingerprint density at radius 1 is 1.07 bits per heavy atom. The molecule has 0 amide bonds. The van der Waals surface area contributed by atoms with Crippen LogP contribution in [0.25, 0.3) is 5.69 Å². The van der Waals surface area contributed by atoms with Crippen LogP contribution in [0.2, 0.25) is 0 Å². The normalized spacial score (nSPS) is 10.8. The summed E-state index contributed by atoms with van der Waals surface area (Å²) < 4.78 is 1.43. The van der Waals surface area contributed by atoms with Gasteiger partial charge in [-0.15, -0.1) is 0 Å². The van der Waals surface area contributed by atoms with Crippen LogP contribution in [0.3, 0.4) is 0 Å². The number of pyridine rings is 1. The van der Waals surface area contributed by atoms with Gasteiger partial charge in [0.15, 0.2) is 12.4 Å². The molecule has 1 aromatic carbocycles. The third kappa shape index (κ3) is 1.34. The molecule has 2 aromatic rings. The molecule has 4 nitrogen and oxygen atoms in total. The Morgan fingerprint density at radius 3 is 2.07 bits per heavy atom. The largest absolute Gasteiger partial charge is 0.865 e. The van der Waals surface area contributed by atoms with Gasteiger partial charge in [0.05, 0.1) is 0 Å². The lowest BCUT2D eigenvalue weighted by Crippen LogP contribution is -2.49. The third-order valence-electron chi connectivity index (χ3n) is 2.24. The smallest absolute Gasteiger partial charge is 0.296 e. The second-order valence-electron chi connectivity index (χ2n) is 3.63. The minimum atomic E-state index is -0.920. The molecule has 0 aliphatic heterocycles. The van der Waals surface area contributed by atoms with E-state index >= 15 is 0 Å². The van der Waals surface area contributed by atoms with Gasteiger partial charge in [0.1, 0.15) is 0 Å². The Balaban J connectivity index is 2.66. The monoisotopic (exact) mass is 203 g/mol. The maximum atomic E-state index is 11.2. The van der Waals surface area contributed by atoms with Gasteiger partial charge in [0.2, 0.25) is 5.43 Å². The molecule has 0 aliphatic rings. The Labute approximate surface area is 85.7 Å². The number of aryl methyl sites for hydroxylation is 2. The molecule has 0 aliphatic carbocycles. The Bertz CT molecular complexity index is 586. The maximum absolute atomic E-state index is 11.2.